The predicted molar refractivity (Wildman–Crippen MR) is 101 cm³/mol. The van der Waals surface area contributed by atoms with Gasteiger partial charge in [-0.1, -0.05) is 25.1 Å². The van der Waals surface area contributed by atoms with Crippen molar-refractivity contribution in [1.29, 1.82) is 0 Å². The molecule has 0 aliphatic carbocycles. The Morgan fingerprint density at radius 2 is 2.00 bits per heavy atom. The molecule has 0 unspecified atom stereocenters. The molecular formula is C19H25F4N5O. The lowest BCUT2D eigenvalue weighted by Crippen LogP contribution is -2.37. The molecule has 0 radical (unpaired) electrons. The van der Waals surface area contributed by atoms with Crippen LogP contribution in [0.25, 0.3) is 0 Å². The largest absolute Gasteiger partial charge is 0.416 e. The summed E-state index contributed by atoms with van der Waals surface area (Å²) in [6.45, 7) is 6.62. The molecule has 1 aromatic carbocycles. The lowest BCUT2D eigenvalue weighted by Gasteiger charge is -2.13. The van der Waals surface area contributed by atoms with Gasteiger partial charge in [0.2, 0.25) is 5.89 Å². The van der Waals surface area contributed by atoms with E-state index in [1.165, 1.54) is 0 Å². The zero-order valence-corrected chi connectivity index (χ0v) is 16.6. The number of hydrogen-bond acceptors (Lipinski definition) is 4. The smallest absolute Gasteiger partial charge is 0.357 e. The summed E-state index contributed by atoms with van der Waals surface area (Å²) in [5.74, 6) is 0.822. The normalized spacial score (nSPS) is 12.5. The van der Waals surface area contributed by atoms with Crippen molar-refractivity contribution in [1.82, 2.24) is 20.8 Å². The van der Waals surface area contributed by atoms with Gasteiger partial charge in [0.1, 0.15) is 5.82 Å². The number of nitrogens with zero attached hydrogens (tertiary/aromatic N) is 3. The molecule has 160 valence electrons. The number of rotatable bonds is 8. The van der Waals surface area contributed by atoms with E-state index in [1.54, 1.807) is 0 Å². The maximum atomic E-state index is 13.2. The highest BCUT2D eigenvalue weighted by Crippen LogP contribution is 2.32. The third-order valence-electron chi connectivity index (χ3n) is 3.99. The minimum atomic E-state index is -4.64. The topological polar surface area (TPSA) is 75.3 Å². The van der Waals surface area contributed by atoms with Gasteiger partial charge in [0.15, 0.2) is 11.8 Å². The average molecular weight is 415 g/mol. The van der Waals surface area contributed by atoms with Crippen LogP contribution in [0.5, 0.6) is 0 Å². The molecule has 6 nitrogen and oxygen atoms in total. The SMILES string of the molecule is CCNC(=NCc1ccc(F)cc1C(F)(F)F)NCCCc1nc(C(C)C)no1. The summed E-state index contributed by atoms with van der Waals surface area (Å²) in [5.41, 5.74) is -1.11. The number of halogens is 4. The Morgan fingerprint density at radius 1 is 1.24 bits per heavy atom. The zero-order valence-electron chi connectivity index (χ0n) is 16.6. The van der Waals surface area contributed by atoms with E-state index in [-0.39, 0.29) is 18.0 Å². The second-order valence-corrected chi connectivity index (χ2v) is 6.73. The number of nitrogens with one attached hydrogen (secondary N) is 2. The number of benzene rings is 1. The molecule has 10 heteroatoms. The monoisotopic (exact) mass is 415 g/mol. The molecule has 2 N–H and O–H groups in total. The fourth-order valence-corrected chi connectivity index (χ4v) is 2.51. The van der Waals surface area contributed by atoms with Crippen molar-refractivity contribution in [3.63, 3.8) is 0 Å². The van der Waals surface area contributed by atoms with Crippen LogP contribution in [0.2, 0.25) is 0 Å². The first-order valence-corrected chi connectivity index (χ1v) is 9.41. The second-order valence-electron chi connectivity index (χ2n) is 6.73. The lowest BCUT2D eigenvalue weighted by molar-refractivity contribution is -0.138. The summed E-state index contributed by atoms with van der Waals surface area (Å²) in [4.78, 5) is 8.47. The Balaban J connectivity index is 1.94. The van der Waals surface area contributed by atoms with E-state index in [1.807, 2.05) is 20.8 Å². The van der Waals surface area contributed by atoms with Gasteiger partial charge in [0, 0.05) is 25.4 Å². The third kappa shape index (κ3) is 7.03. The molecule has 0 aliphatic rings. The molecule has 1 aromatic heterocycles. The molecule has 0 atom stereocenters. The van der Waals surface area contributed by atoms with Crippen molar-refractivity contribution in [3.05, 3.63) is 46.9 Å². The molecule has 1 heterocycles. The standard InChI is InChI=1S/C19H25F4N5O/c1-4-24-18(25-9-5-6-16-27-17(12(2)3)28-29-16)26-11-13-7-8-14(20)10-15(13)19(21,22)23/h7-8,10,12H,4-6,9,11H2,1-3H3,(H2,24,25,26). The number of aliphatic imine (C=N–C) groups is 1. The van der Waals surface area contributed by atoms with Crippen LogP contribution in [0.4, 0.5) is 17.6 Å². The van der Waals surface area contributed by atoms with Gasteiger partial charge in [-0.3, -0.25) is 0 Å². The van der Waals surface area contributed by atoms with Gasteiger partial charge in [0.25, 0.3) is 0 Å². The van der Waals surface area contributed by atoms with Crippen LogP contribution in [0.3, 0.4) is 0 Å². The first-order chi connectivity index (χ1) is 13.7. The molecule has 0 spiro atoms. The van der Waals surface area contributed by atoms with Crippen molar-refractivity contribution >= 4 is 5.96 Å². The number of hydrogen-bond donors (Lipinski definition) is 2. The van der Waals surface area contributed by atoms with Crippen molar-refractivity contribution in [3.8, 4) is 0 Å². The molecule has 0 amide bonds. The molecule has 0 bridgehead atoms. The van der Waals surface area contributed by atoms with E-state index in [0.717, 1.165) is 12.1 Å². The highest BCUT2D eigenvalue weighted by Gasteiger charge is 2.33. The summed E-state index contributed by atoms with van der Waals surface area (Å²) in [6, 6.07) is 2.59. The van der Waals surface area contributed by atoms with E-state index in [2.05, 4.69) is 25.8 Å². The minimum absolute atomic E-state index is 0.0943. The van der Waals surface area contributed by atoms with Crippen molar-refractivity contribution in [2.45, 2.75) is 52.3 Å². The number of alkyl halides is 3. The summed E-state index contributed by atoms with van der Waals surface area (Å²) >= 11 is 0. The Bertz CT molecular complexity index is 817. The molecule has 0 aliphatic heterocycles. The van der Waals surface area contributed by atoms with Gasteiger partial charge in [-0.05, 0) is 31.0 Å². The molecule has 29 heavy (non-hydrogen) atoms. The Labute approximate surface area is 166 Å². The van der Waals surface area contributed by atoms with Crippen LogP contribution in [0.1, 0.15) is 56.0 Å². The van der Waals surface area contributed by atoms with Gasteiger partial charge in [-0.25, -0.2) is 9.38 Å². The lowest BCUT2D eigenvalue weighted by atomic mass is 10.1. The van der Waals surface area contributed by atoms with Gasteiger partial charge >= 0.3 is 6.18 Å². The summed E-state index contributed by atoms with van der Waals surface area (Å²) < 4.78 is 57.7. The molecule has 0 saturated carbocycles. The van der Waals surface area contributed by atoms with E-state index < -0.39 is 17.6 Å². The van der Waals surface area contributed by atoms with Gasteiger partial charge in [-0.2, -0.15) is 18.2 Å². The fraction of sp³-hybridized carbons (Fsp3) is 0.526. The van der Waals surface area contributed by atoms with Crippen LogP contribution in [-0.4, -0.2) is 29.2 Å². The molecular weight excluding hydrogens is 390 g/mol. The van der Waals surface area contributed by atoms with Crippen LogP contribution in [-0.2, 0) is 19.1 Å². The summed E-state index contributed by atoms with van der Waals surface area (Å²) in [6.07, 6.45) is -3.39. The number of aryl methyl sites for hydroxylation is 1. The van der Waals surface area contributed by atoms with Crippen LogP contribution in [0, 0.1) is 5.82 Å². The fourth-order valence-electron chi connectivity index (χ4n) is 2.51. The van der Waals surface area contributed by atoms with Crippen molar-refractivity contribution in [2.75, 3.05) is 13.1 Å². The van der Waals surface area contributed by atoms with Crippen LogP contribution in [0.15, 0.2) is 27.7 Å². The van der Waals surface area contributed by atoms with Gasteiger partial charge in [0.05, 0.1) is 12.1 Å². The van der Waals surface area contributed by atoms with E-state index in [9.17, 15) is 17.6 Å². The second kappa shape index (κ2) is 10.2. The van der Waals surface area contributed by atoms with Crippen LogP contribution >= 0.6 is 0 Å². The molecule has 0 fully saturated rings. The first kappa shape index (κ1) is 22.6. The average Bonchev–Trinajstić information content (AvgIpc) is 3.12. The molecule has 2 aromatic rings. The Hall–Kier alpha value is -2.65. The van der Waals surface area contributed by atoms with Gasteiger partial charge in [-0.15, -0.1) is 0 Å². The Kier molecular flexibility index (Phi) is 7.98. The number of aromatic nitrogens is 2. The maximum Gasteiger partial charge on any atom is 0.416 e. The number of guanidine groups is 1. The third-order valence-corrected chi connectivity index (χ3v) is 3.99. The van der Waals surface area contributed by atoms with Crippen molar-refractivity contribution < 1.29 is 22.1 Å². The Morgan fingerprint density at radius 3 is 2.62 bits per heavy atom. The zero-order chi connectivity index (χ0) is 21.4. The van der Waals surface area contributed by atoms with E-state index in [0.29, 0.717) is 49.7 Å². The van der Waals surface area contributed by atoms with E-state index >= 15 is 0 Å². The van der Waals surface area contributed by atoms with Crippen molar-refractivity contribution in [2.24, 2.45) is 4.99 Å². The van der Waals surface area contributed by atoms with E-state index in [4.69, 9.17) is 4.52 Å². The molecule has 0 saturated heterocycles. The predicted octanol–water partition coefficient (Wildman–Crippen LogP) is 4.04. The van der Waals surface area contributed by atoms with Gasteiger partial charge < -0.3 is 15.2 Å². The highest BCUT2D eigenvalue weighted by molar-refractivity contribution is 5.79. The quantitative estimate of drug-likeness (QED) is 0.295. The maximum absolute atomic E-state index is 13.2. The minimum Gasteiger partial charge on any atom is -0.357 e. The first-order valence-electron chi connectivity index (χ1n) is 9.41. The van der Waals surface area contributed by atoms with Crippen LogP contribution < -0.4 is 10.6 Å². The summed E-state index contributed by atoms with van der Waals surface area (Å²) in [7, 11) is 0. The molecule has 2 rings (SSSR count). The highest BCUT2D eigenvalue weighted by atomic mass is 19.4. The summed E-state index contributed by atoms with van der Waals surface area (Å²) in [5, 5.41) is 9.92.